The molecule has 144 valence electrons. The van der Waals surface area contributed by atoms with E-state index in [1.807, 2.05) is 19.0 Å². The predicted molar refractivity (Wildman–Crippen MR) is 92.8 cm³/mol. The Bertz CT molecular complexity index is 757. The lowest BCUT2D eigenvalue weighted by atomic mass is 10.0. The van der Waals surface area contributed by atoms with Crippen LogP contribution in [0.2, 0.25) is 0 Å². The zero-order valence-electron chi connectivity index (χ0n) is 14.9. The van der Waals surface area contributed by atoms with E-state index in [9.17, 15) is 18.3 Å². The van der Waals surface area contributed by atoms with E-state index in [4.69, 9.17) is 0 Å². The standard InChI is InChI=1S/C17H22F3N3O2S/c1-10-14(21-25-15(10)17(18,19)20)12-6-7-13(26-12)16(24)23-8-4-5-11(9-23)22(2)3/h6-7,11,16,24H,4-5,8-9H2,1-3H3/t11-,16?/m0/s1. The largest absolute Gasteiger partial charge is 0.452 e. The summed E-state index contributed by atoms with van der Waals surface area (Å²) in [4.78, 5) is 5.39. The molecule has 0 aromatic carbocycles. The van der Waals surface area contributed by atoms with Crippen LogP contribution in [0.25, 0.3) is 10.6 Å². The van der Waals surface area contributed by atoms with Crippen molar-refractivity contribution in [3.63, 3.8) is 0 Å². The van der Waals surface area contributed by atoms with Gasteiger partial charge in [-0.3, -0.25) is 4.90 Å². The van der Waals surface area contributed by atoms with E-state index in [1.165, 1.54) is 18.3 Å². The minimum absolute atomic E-state index is 0.0361. The Kier molecular flexibility index (Phi) is 5.43. The summed E-state index contributed by atoms with van der Waals surface area (Å²) in [5.41, 5.74) is 0.136. The van der Waals surface area contributed by atoms with Crippen molar-refractivity contribution in [3.8, 4) is 10.6 Å². The highest BCUT2D eigenvalue weighted by Gasteiger charge is 2.39. The second kappa shape index (κ2) is 7.30. The third kappa shape index (κ3) is 3.80. The van der Waals surface area contributed by atoms with Crippen LogP contribution >= 0.6 is 11.3 Å². The number of piperidine rings is 1. The van der Waals surface area contributed by atoms with Gasteiger partial charge in [0.1, 0.15) is 11.9 Å². The molecule has 0 radical (unpaired) electrons. The van der Waals surface area contributed by atoms with Crippen LogP contribution in [0.3, 0.4) is 0 Å². The fourth-order valence-corrected chi connectivity index (χ4v) is 4.32. The number of likely N-dealkylation sites (N-methyl/N-ethyl adjacent to an activating group) is 1. The molecule has 2 atom stereocenters. The number of hydrogen-bond donors (Lipinski definition) is 1. The third-order valence-electron chi connectivity index (χ3n) is 4.80. The molecule has 3 heterocycles. The van der Waals surface area contributed by atoms with Crippen molar-refractivity contribution in [2.75, 3.05) is 27.2 Å². The molecule has 1 saturated heterocycles. The van der Waals surface area contributed by atoms with Gasteiger partial charge in [-0.2, -0.15) is 13.2 Å². The Morgan fingerprint density at radius 2 is 2.12 bits per heavy atom. The molecular formula is C17H22F3N3O2S. The molecule has 5 nitrogen and oxygen atoms in total. The maximum atomic E-state index is 12.9. The van der Waals surface area contributed by atoms with Gasteiger partial charge < -0.3 is 14.5 Å². The number of thiophene rings is 1. The van der Waals surface area contributed by atoms with E-state index >= 15 is 0 Å². The highest BCUT2D eigenvalue weighted by Crippen LogP contribution is 2.39. The van der Waals surface area contributed by atoms with Gasteiger partial charge in [0.05, 0.1) is 4.88 Å². The average molecular weight is 389 g/mol. The summed E-state index contributed by atoms with van der Waals surface area (Å²) in [6.45, 7) is 2.89. The minimum atomic E-state index is -4.57. The van der Waals surface area contributed by atoms with E-state index in [2.05, 4.69) is 14.6 Å². The zero-order valence-corrected chi connectivity index (χ0v) is 15.7. The van der Waals surface area contributed by atoms with Crippen LogP contribution in [0, 0.1) is 6.92 Å². The van der Waals surface area contributed by atoms with Gasteiger partial charge in [0, 0.05) is 29.6 Å². The number of rotatable bonds is 4. The molecule has 1 N–H and O–H groups in total. The van der Waals surface area contributed by atoms with Crippen molar-refractivity contribution in [1.82, 2.24) is 15.0 Å². The lowest BCUT2D eigenvalue weighted by Crippen LogP contribution is -2.46. The highest BCUT2D eigenvalue weighted by molar-refractivity contribution is 7.15. The fourth-order valence-electron chi connectivity index (χ4n) is 3.26. The number of likely N-dealkylation sites (tertiary alicyclic amines) is 1. The molecule has 26 heavy (non-hydrogen) atoms. The molecule has 1 fully saturated rings. The normalized spacial score (nSPS) is 20.7. The predicted octanol–water partition coefficient (Wildman–Crippen LogP) is 3.75. The summed E-state index contributed by atoms with van der Waals surface area (Å²) < 4.78 is 43.1. The van der Waals surface area contributed by atoms with Gasteiger partial charge in [0.2, 0.25) is 5.76 Å². The molecule has 1 unspecified atom stereocenters. The lowest BCUT2D eigenvalue weighted by Gasteiger charge is -2.38. The van der Waals surface area contributed by atoms with Crippen LogP contribution in [0.1, 0.15) is 35.3 Å². The summed E-state index contributed by atoms with van der Waals surface area (Å²) in [7, 11) is 4.05. The first kappa shape index (κ1) is 19.3. The van der Waals surface area contributed by atoms with Gasteiger partial charge in [-0.1, -0.05) is 5.16 Å². The van der Waals surface area contributed by atoms with E-state index < -0.39 is 18.2 Å². The van der Waals surface area contributed by atoms with Gasteiger partial charge in [-0.05, 0) is 46.0 Å². The third-order valence-corrected chi connectivity index (χ3v) is 5.93. The number of halogens is 3. The Morgan fingerprint density at radius 1 is 1.38 bits per heavy atom. The van der Waals surface area contributed by atoms with Gasteiger partial charge in [0.25, 0.3) is 0 Å². The monoisotopic (exact) mass is 389 g/mol. The van der Waals surface area contributed by atoms with Crippen LogP contribution in [0.15, 0.2) is 16.7 Å². The molecule has 1 aliphatic heterocycles. The molecule has 0 saturated carbocycles. The maximum Gasteiger partial charge on any atom is 0.452 e. The molecule has 2 aromatic heterocycles. The Labute approximate surface area is 154 Å². The Balaban J connectivity index is 1.79. The average Bonchev–Trinajstić information content (AvgIpc) is 3.20. The molecular weight excluding hydrogens is 367 g/mol. The van der Waals surface area contributed by atoms with Crippen molar-refractivity contribution < 1.29 is 22.8 Å². The number of aromatic nitrogens is 1. The second-order valence-corrected chi connectivity index (χ2v) is 7.93. The topological polar surface area (TPSA) is 52.7 Å². The number of aliphatic hydroxyl groups is 1. The highest BCUT2D eigenvalue weighted by atomic mass is 32.1. The summed E-state index contributed by atoms with van der Waals surface area (Å²) >= 11 is 1.24. The molecule has 0 bridgehead atoms. The number of aliphatic hydroxyl groups excluding tert-OH is 1. The van der Waals surface area contributed by atoms with Gasteiger partial charge in [-0.15, -0.1) is 11.3 Å². The van der Waals surface area contributed by atoms with Crippen molar-refractivity contribution >= 4 is 11.3 Å². The first-order valence-corrected chi connectivity index (χ1v) is 9.22. The lowest BCUT2D eigenvalue weighted by molar-refractivity contribution is -0.156. The summed E-state index contributed by atoms with van der Waals surface area (Å²) in [5, 5.41) is 14.3. The molecule has 0 spiro atoms. The number of nitrogens with zero attached hydrogens (tertiary/aromatic N) is 3. The van der Waals surface area contributed by atoms with Gasteiger partial charge >= 0.3 is 6.18 Å². The first-order valence-electron chi connectivity index (χ1n) is 8.40. The van der Waals surface area contributed by atoms with Gasteiger partial charge in [-0.25, -0.2) is 0 Å². The van der Waals surface area contributed by atoms with E-state index in [-0.39, 0.29) is 11.3 Å². The van der Waals surface area contributed by atoms with Crippen molar-refractivity contribution in [3.05, 3.63) is 28.3 Å². The summed E-state index contributed by atoms with van der Waals surface area (Å²) in [5.74, 6) is -1.08. The van der Waals surface area contributed by atoms with E-state index in [0.717, 1.165) is 25.9 Å². The van der Waals surface area contributed by atoms with Crippen molar-refractivity contribution in [1.29, 1.82) is 0 Å². The van der Waals surface area contributed by atoms with Crippen LogP contribution in [-0.4, -0.2) is 53.3 Å². The summed E-state index contributed by atoms with van der Waals surface area (Å²) in [6, 6.07) is 3.80. The Hall–Kier alpha value is -1.42. The van der Waals surface area contributed by atoms with Crippen molar-refractivity contribution in [2.24, 2.45) is 0 Å². The minimum Gasteiger partial charge on any atom is -0.373 e. The number of hydrogen-bond acceptors (Lipinski definition) is 6. The van der Waals surface area contributed by atoms with Crippen LogP contribution < -0.4 is 0 Å². The van der Waals surface area contributed by atoms with Gasteiger partial charge in [0.15, 0.2) is 0 Å². The molecule has 2 aromatic rings. The molecule has 1 aliphatic rings. The molecule has 9 heteroatoms. The summed E-state index contributed by atoms with van der Waals surface area (Å²) in [6.07, 6.45) is -3.25. The SMILES string of the molecule is Cc1c(-c2ccc(C(O)N3CCC[C@H](N(C)C)C3)s2)noc1C(F)(F)F. The van der Waals surface area contributed by atoms with E-state index in [0.29, 0.717) is 15.8 Å². The van der Waals surface area contributed by atoms with Crippen LogP contribution in [0.5, 0.6) is 0 Å². The molecule has 3 rings (SSSR count). The maximum absolute atomic E-state index is 12.9. The smallest absolute Gasteiger partial charge is 0.373 e. The Morgan fingerprint density at radius 3 is 2.73 bits per heavy atom. The van der Waals surface area contributed by atoms with Crippen LogP contribution in [-0.2, 0) is 6.18 Å². The number of alkyl halides is 3. The van der Waals surface area contributed by atoms with Crippen LogP contribution in [0.4, 0.5) is 13.2 Å². The molecule has 0 aliphatic carbocycles. The fraction of sp³-hybridized carbons (Fsp3) is 0.588. The van der Waals surface area contributed by atoms with E-state index in [1.54, 1.807) is 12.1 Å². The second-order valence-electron chi connectivity index (χ2n) is 6.81. The first-order chi connectivity index (χ1) is 12.2. The van der Waals surface area contributed by atoms with Crippen molar-refractivity contribution in [2.45, 2.75) is 38.2 Å². The quantitative estimate of drug-likeness (QED) is 0.863. The zero-order chi connectivity index (χ0) is 19.1. The molecule has 0 amide bonds.